The maximum absolute atomic E-state index is 10.6. The molecule has 7 heteroatoms. The van der Waals surface area contributed by atoms with E-state index in [1.807, 2.05) is 18.7 Å². The lowest BCUT2D eigenvalue weighted by atomic mass is 10.3. The number of nitro groups is 1. The zero-order valence-electron chi connectivity index (χ0n) is 10.7. The van der Waals surface area contributed by atoms with Gasteiger partial charge in [0.05, 0.1) is 10.6 Å². The predicted molar refractivity (Wildman–Crippen MR) is 78.6 cm³/mol. The second-order valence-electron chi connectivity index (χ2n) is 3.72. The second kappa shape index (κ2) is 7.31. The quantitative estimate of drug-likeness (QED) is 0.273. The van der Waals surface area contributed by atoms with Gasteiger partial charge in [-0.15, -0.1) is 0 Å². The van der Waals surface area contributed by atoms with E-state index in [0.717, 1.165) is 13.1 Å². The highest BCUT2D eigenvalue weighted by Crippen LogP contribution is 2.20. The van der Waals surface area contributed by atoms with Crippen molar-refractivity contribution in [1.29, 1.82) is 0 Å². The largest absolute Gasteiger partial charge is 0.358 e. The summed E-state index contributed by atoms with van der Waals surface area (Å²) in [5, 5.41) is 10.6. The number of nitro benzene ring substituents is 1. The molecular formula is C12H15Cl2N3O2. The molecule has 0 saturated carbocycles. The average Bonchev–Trinajstić information content (AvgIpc) is 2.39. The first kappa shape index (κ1) is 15.7. The fourth-order valence-corrected chi connectivity index (χ4v) is 1.96. The van der Waals surface area contributed by atoms with E-state index < -0.39 is 9.76 Å². The van der Waals surface area contributed by atoms with Gasteiger partial charge in [0.2, 0.25) is 0 Å². The van der Waals surface area contributed by atoms with Crippen molar-refractivity contribution in [2.75, 3.05) is 13.1 Å². The Balaban J connectivity index is 3.05. The smallest absolute Gasteiger partial charge is 0.269 e. The Kier molecular flexibility index (Phi) is 6.05. The Morgan fingerprint density at radius 3 is 2.21 bits per heavy atom. The summed E-state index contributed by atoms with van der Waals surface area (Å²) >= 11 is 11.8. The van der Waals surface area contributed by atoms with Crippen molar-refractivity contribution in [3.05, 3.63) is 34.4 Å². The monoisotopic (exact) mass is 303 g/mol. The number of non-ortho nitro benzene ring substituents is 1. The first-order chi connectivity index (χ1) is 8.99. The van der Waals surface area contributed by atoms with Gasteiger partial charge in [-0.2, -0.15) is 0 Å². The SMILES string of the molecule is CCN(CC)C(=Nc1ccc([N+](=O)[O-])cc1)C(Cl)Cl. The molecule has 0 amide bonds. The zero-order valence-corrected chi connectivity index (χ0v) is 12.2. The first-order valence-electron chi connectivity index (χ1n) is 5.85. The van der Waals surface area contributed by atoms with Crippen molar-refractivity contribution < 1.29 is 4.92 Å². The van der Waals surface area contributed by atoms with Gasteiger partial charge >= 0.3 is 0 Å². The van der Waals surface area contributed by atoms with Gasteiger partial charge in [-0.3, -0.25) is 10.1 Å². The van der Waals surface area contributed by atoms with Crippen LogP contribution in [0, 0.1) is 10.1 Å². The molecule has 1 rings (SSSR count). The van der Waals surface area contributed by atoms with Crippen LogP contribution in [0.25, 0.3) is 0 Å². The van der Waals surface area contributed by atoms with Gasteiger partial charge in [-0.05, 0) is 26.0 Å². The van der Waals surface area contributed by atoms with Gasteiger partial charge in [0.1, 0.15) is 5.84 Å². The summed E-state index contributed by atoms with van der Waals surface area (Å²) in [7, 11) is 0. The lowest BCUT2D eigenvalue weighted by Gasteiger charge is -2.23. The number of hydrogen-bond acceptors (Lipinski definition) is 3. The van der Waals surface area contributed by atoms with Crippen LogP contribution < -0.4 is 0 Å². The molecule has 0 aliphatic rings. The maximum atomic E-state index is 10.6. The molecule has 0 fully saturated rings. The van der Waals surface area contributed by atoms with Crippen LogP contribution in [-0.2, 0) is 0 Å². The van der Waals surface area contributed by atoms with E-state index in [-0.39, 0.29) is 5.69 Å². The van der Waals surface area contributed by atoms with Crippen LogP contribution in [0.4, 0.5) is 11.4 Å². The molecule has 19 heavy (non-hydrogen) atoms. The number of nitrogens with zero attached hydrogens (tertiary/aromatic N) is 3. The number of halogens is 2. The summed E-state index contributed by atoms with van der Waals surface area (Å²) in [6.45, 7) is 5.42. The first-order valence-corrected chi connectivity index (χ1v) is 6.73. The van der Waals surface area contributed by atoms with E-state index in [1.54, 1.807) is 12.1 Å². The van der Waals surface area contributed by atoms with E-state index in [9.17, 15) is 10.1 Å². The second-order valence-corrected chi connectivity index (χ2v) is 4.81. The summed E-state index contributed by atoms with van der Waals surface area (Å²) in [4.78, 5) is 15.7. The van der Waals surface area contributed by atoms with Crippen molar-refractivity contribution in [3.63, 3.8) is 0 Å². The fraction of sp³-hybridized carbons (Fsp3) is 0.417. The number of benzene rings is 1. The minimum Gasteiger partial charge on any atom is -0.358 e. The third-order valence-electron chi connectivity index (χ3n) is 2.59. The van der Waals surface area contributed by atoms with Crippen LogP contribution in [-0.4, -0.2) is 33.6 Å². The number of amidine groups is 1. The number of hydrogen-bond donors (Lipinski definition) is 0. The highest BCUT2D eigenvalue weighted by atomic mass is 35.5. The van der Waals surface area contributed by atoms with E-state index in [2.05, 4.69) is 4.99 Å². The molecule has 5 nitrogen and oxygen atoms in total. The summed E-state index contributed by atoms with van der Waals surface area (Å²) < 4.78 is 0. The highest BCUT2D eigenvalue weighted by Gasteiger charge is 2.15. The third-order valence-corrected chi connectivity index (χ3v) is 2.98. The molecule has 1 aromatic carbocycles. The van der Waals surface area contributed by atoms with E-state index in [1.165, 1.54) is 12.1 Å². The van der Waals surface area contributed by atoms with Crippen LogP contribution in [0.15, 0.2) is 29.3 Å². The predicted octanol–water partition coefficient (Wildman–Crippen LogP) is 3.77. The molecule has 104 valence electrons. The van der Waals surface area contributed by atoms with Crippen molar-refractivity contribution >= 4 is 40.4 Å². The number of aliphatic imine (C=N–C) groups is 1. The van der Waals surface area contributed by atoms with Crippen LogP contribution in [0.3, 0.4) is 0 Å². The van der Waals surface area contributed by atoms with Gasteiger partial charge in [0.25, 0.3) is 5.69 Å². The zero-order chi connectivity index (χ0) is 14.4. The van der Waals surface area contributed by atoms with Gasteiger partial charge < -0.3 is 4.90 Å². The van der Waals surface area contributed by atoms with Crippen molar-refractivity contribution in [3.8, 4) is 0 Å². The molecule has 0 radical (unpaired) electrons. The molecule has 0 spiro atoms. The molecular weight excluding hydrogens is 289 g/mol. The molecule has 1 aromatic rings. The van der Waals surface area contributed by atoms with Gasteiger partial charge in [-0.25, -0.2) is 4.99 Å². The summed E-state index contributed by atoms with van der Waals surface area (Å²) in [5.74, 6) is 0.544. The van der Waals surface area contributed by atoms with Crippen molar-refractivity contribution in [1.82, 2.24) is 4.90 Å². The molecule has 0 aromatic heterocycles. The van der Waals surface area contributed by atoms with Crippen LogP contribution in [0.1, 0.15) is 13.8 Å². The molecule has 0 unspecified atom stereocenters. The molecule has 0 atom stereocenters. The molecule has 0 aliphatic heterocycles. The Labute approximate surface area is 122 Å². The Hall–Kier alpha value is -1.33. The summed E-state index contributed by atoms with van der Waals surface area (Å²) in [5.41, 5.74) is 0.607. The van der Waals surface area contributed by atoms with E-state index in [4.69, 9.17) is 23.2 Å². The highest BCUT2D eigenvalue weighted by molar-refractivity contribution is 6.54. The Morgan fingerprint density at radius 1 is 1.32 bits per heavy atom. The van der Waals surface area contributed by atoms with E-state index in [0.29, 0.717) is 11.5 Å². The number of rotatable bonds is 5. The maximum Gasteiger partial charge on any atom is 0.269 e. The van der Waals surface area contributed by atoms with Crippen LogP contribution >= 0.6 is 23.2 Å². The molecule has 0 N–H and O–H groups in total. The topological polar surface area (TPSA) is 58.7 Å². The minimum atomic E-state index is -0.741. The van der Waals surface area contributed by atoms with Crippen LogP contribution in [0.5, 0.6) is 0 Å². The van der Waals surface area contributed by atoms with Gasteiger partial charge in [0, 0.05) is 25.2 Å². The third kappa shape index (κ3) is 4.36. The van der Waals surface area contributed by atoms with Crippen molar-refractivity contribution in [2.24, 2.45) is 4.99 Å². The average molecular weight is 304 g/mol. The molecule has 0 aliphatic carbocycles. The van der Waals surface area contributed by atoms with Crippen LogP contribution in [0.2, 0.25) is 0 Å². The van der Waals surface area contributed by atoms with E-state index >= 15 is 0 Å². The minimum absolute atomic E-state index is 0.0247. The lowest BCUT2D eigenvalue weighted by molar-refractivity contribution is -0.384. The van der Waals surface area contributed by atoms with Crippen molar-refractivity contribution in [2.45, 2.75) is 18.7 Å². The normalized spacial score (nSPS) is 11.7. The lowest BCUT2D eigenvalue weighted by Crippen LogP contribution is -2.34. The molecule has 0 saturated heterocycles. The molecule has 0 heterocycles. The fourth-order valence-electron chi connectivity index (χ4n) is 1.59. The summed E-state index contributed by atoms with van der Waals surface area (Å²) in [6.07, 6.45) is 0. The number of alkyl halides is 2. The molecule has 0 bridgehead atoms. The Morgan fingerprint density at radius 2 is 1.84 bits per heavy atom. The Bertz CT molecular complexity index is 457. The van der Waals surface area contributed by atoms with Gasteiger partial charge in [-0.1, -0.05) is 23.2 Å². The van der Waals surface area contributed by atoms with Gasteiger partial charge in [0.15, 0.2) is 4.84 Å². The summed E-state index contributed by atoms with van der Waals surface area (Å²) in [6, 6.07) is 5.93. The standard InChI is InChI=1S/C12H15Cl2N3O2/c1-3-16(4-2)12(11(13)14)15-9-5-7-10(8-6-9)17(18)19/h5-8,11H,3-4H2,1-2H3.